The average molecular weight is 325 g/mol. The van der Waals surface area contributed by atoms with Crippen molar-refractivity contribution >= 4 is 17.1 Å². The maximum absolute atomic E-state index is 10.4. The molecule has 1 aromatic heterocycles. The SMILES string of the molecule is Cc1ccn(C)n1.O=[N+]([O-])c1cc([N+](=O)[O-])c(O)c([N+](=O)[O-])c1. The topological polar surface area (TPSA) is 167 Å². The van der Waals surface area contributed by atoms with Gasteiger partial charge < -0.3 is 5.11 Å². The summed E-state index contributed by atoms with van der Waals surface area (Å²) < 4.78 is 1.79. The molecule has 12 nitrogen and oxygen atoms in total. The Morgan fingerprint density at radius 3 is 1.74 bits per heavy atom. The molecule has 1 aromatic carbocycles. The van der Waals surface area contributed by atoms with E-state index in [1.165, 1.54) is 0 Å². The second-order valence-corrected chi connectivity index (χ2v) is 4.23. The van der Waals surface area contributed by atoms with Gasteiger partial charge in [-0.15, -0.1) is 0 Å². The van der Waals surface area contributed by atoms with Gasteiger partial charge in [0.05, 0.1) is 32.6 Å². The van der Waals surface area contributed by atoms with Crippen LogP contribution in [0.4, 0.5) is 17.1 Å². The quantitative estimate of drug-likeness (QED) is 0.658. The largest absolute Gasteiger partial charge is 0.497 e. The Hall–Kier alpha value is -3.57. The first-order valence-electron chi connectivity index (χ1n) is 5.90. The Balaban J connectivity index is 0.000000313. The minimum atomic E-state index is -1.21. The number of aryl methyl sites for hydroxylation is 2. The molecular formula is C11H11N5O7. The Morgan fingerprint density at radius 2 is 1.52 bits per heavy atom. The molecule has 1 N–H and O–H groups in total. The van der Waals surface area contributed by atoms with Crippen LogP contribution in [0.3, 0.4) is 0 Å². The van der Waals surface area contributed by atoms with Gasteiger partial charge in [0.1, 0.15) is 0 Å². The number of benzene rings is 1. The summed E-state index contributed by atoms with van der Waals surface area (Å²) in [6.45, 7) is 1.97. The van der Waals surface area contributed by atoms with E-state index in [1.807, 2.05) is 26.2 Å². The lowest BCUT2D eigenvalue weighted by atomic mass is 10.2. The van der Waals surface area contributed by atoms with E-state index in [-0.39, 0.29) is 0 Å². The zero-order valence-corrected chi connectivity index (χ0v) is 11.9. The molecule has 0 spiro atoms. The minimum absolute atomic E-state index is 0.447. The van der Waals surface area contributed by atoms with E-state index in [1.54, 1.807) is 4.68 Å². The van der Waals surface area contributed by atoms with Gasteiger partial charge in [0.2, 0.25) is 0 Å². The molecule has 2 aromatic rings. The summed E-state index contributed by atoms with van der Waals surface area (Å²) in [5, 5.41) is 44.2. The summed E-state index contributed by atoms with van der Waals surface area (Å²) in [4.78, 5) is 27.8. The number of aromatic hydroxyl groups is 1. The molecule has 0 aliphatic carbocycles. The average Bonchev–Trinajstić information content (AvgIpc) is 2.82. The molecule has 0 atom stereocenters. The van der Waals surface area contributed by atoms with E-state index < -0.39 is 37.6 Å². The summed E-state index contributed by atoms with van der Waals surface area (Å²) in [7, 11) is 1.91. The third-order valence-electron chi connectivity index (χ3n) is 2.51. The number of aromatic nitrogens is 2. The molecule has 2 rings (SSSR count). The van der Waals surface area contributed by atoms with Crippen molar-refractivity contribution in [1.82, 2.24) is 9.78 Å². The van der Waals surface area contributed by atoms with Crippen LogP contribution in [-0.2, 0) is 7.05 Å². The smallest absolute Gasteiger partial charge is 0.324 e. The van der Waals surface area contributed by atoms with Crippen molar-refractivity contribution in [2.24, 2.45) is 7.05 Å². The summed E-state index contributed by atoms with van der Waals surface area (Å²) in [6, 6.07) is 2.87. The van der Waals surface area contributed by atoms with E-state index in [9.17, 15) is 30.3 Å². The third kappa shape index (κ3) is 4.45. The number of non-ortho nitro benzene ring substituents is 1. The summed E-state index contributed by atoms with van der Waals surface area (Å²) in [5.41, 5.74) is -1.93. The second-order valence-electron chi connectivity index (χ2n) is 4.23. The van der Waals surface area contributed by atoms with E-state index in [0.717, 1.165) is 5.69 Å². The van der Waals surface area contributed by atoms with E-state index in [2.05, 4.69) is 5.10 Å². The van der Waals surface area contributed by atoms with Gasteiger partial charge >= 0.3 is 11.4 Å². The van der Waals surface area contributed by atoms with Crippen LogP contribution in [0.2, 0.25) is 0 Å². The lowest BCUT2D eigenvalue weighted by Gasteiger charge is -1.97. The molecule has 0 radical (unpaired) electrons. The predicted octanol–water partition coefficient (Wildman–Crippen LogP) is 1.85. The lowest BCUT2D eigenvalue weighted by Crippen LogP contribution is -1.97. The number of nitro benzene ring substituents is 3. The highest BCUT2D eigenvalue weighted by molar-refractivity contribution is 5.64. The maximum atomic E-state index is 10.4. The second kappa shape index (κ2) is 6.93. The van der Waals surface area contributed by atoms with E-state index in [4.69, 9.17) is 5.11 Å². The number of phenolic OH excluding ortho intramolecular Hbond substituents is 1. The Kier molecular flexibility index (Phi) is 5.27. The molecule has 0 unspecified atom stereocenters. The fraction of sp³-hybridized carbons (Fsp3) is 0.182. The molecule has 0 amide bonds. The normalized spacial score (nSPS) is 9.65. The van der Waals surface area contributed by atoms with Crippen molar-refractivity contribution in [1.29, 1.82) is 0 Å². The van der Waals surface area contributed by atoms with Crippen LogP contribution >= 0.6 is 0 Å². The predicted molar refractivity (Wildman–Crippen MR) is 76.0 cm³/mol. The molecule has 0 bridgehead atoms. The fourth-order valence-electron chi connectivity index (χ4n) is 1.50. The van der Waals surface area contributed by atoms with Gasteiger partial charge in [0.15, 0.2) is 0 Å². The summed E-state index contributed by atoms with van der Waals surface area (Å²) in [5.74, 6) is -1.21. The van der Waals surface area contributed by atoms with Gasteiger partial charge in [-0.25, -0.2) is 0 Å². The van der Waals surface area contributed by atoms with Crippen LogP contribution in [0.1, 0.15) is 5.69 Å². The zero-order chi connectivity index (χ0) is 17.7. The minimum Gasteiger partial charge on any atom is -0.497 e. The van der Waals surface area contributed by atoms with Gasteiger partial charge in [0, 0.05) is 13.2 Å². The zero-order valence-electron chi connectivity index (χ0n) is 11.9. The summed E-state index contributed by atoms with van der Waals surface area (Å²) >= 11 is 0. The van der Waals surface area contributed by atoms with E-state index in [0.29, 0.717) is 12.1 Å². The van der Waals surface area contributed by atoms with Gasteiger partial charge in [0.25, 0.3) is 11.4 Å². The number of hydrogen-bond acceptors (Lipinski definition) is 8. The lowest BCUT2D eigenvalue weighted by molar-refractivity contribution is -0.404. The van der Waals surface area contributed by atoms with E-state index >= 15 is 0 Å². The number of rotatable bonds is 3. The molecule has 0 fully saturated rings. The van der Waals surface area contributed by atoms with Crippen LogP contribution in [0.15, 0.2) is 24.4 Å². The van der Waals surface area contributed by atoms with Crippen molar-refractivity contribution in [3.8, 4) is 5.75 Å². The summed E-state index contributed by atoms with van der Waals surface area (Å²) in [6.07, 6.45) is 1.93. The van der Waals surface area contributed by atoms with Crippen molar-refractivity contribution < 1.29 is 19.9 Å². The van der Waals surface area contributed by atoms with Crippen LogP contribution in [-0.4, -0.2) is 29.7 Å². The van der Waals surface area contributed by atoms with Crippen molar-refractivity contribution in [3.05, 3.63) is 60.4 Å². The molecule has 1 heterocycles. The molecule has 23 heavy (non-hydrogen) atoms. The molecule has 0 saturated carbocycles. The van der Waals surface area contributed by atoms with Gasteiger partial charge in [-0.3, -0.25) is 35.0 Å². The van der Waals surface area contributed by atoms with Crippen LogP contribution in [0.5, 0.6) is 5.75 Å². The highest BCUT2D eigenvalue weighted by Crippen LogP contribution is 2.38. The number of nitro groups is 3. The number of phenols is 1. The van der Waals surface area contributed by atoms with Crippen molar-refractivity contribution in [3.63, 3.8) is 0 Å². The maximum Gasteiger partial charge on any atom is 0.324 e. The molecule has 0 aliphatic heterocycles. The monoisotopic (exact) mass is 325 g/mol. The Bertz CT molecular complexity index is 718. The van der Waals surface area contributed by atoms with Gasteiger partial charge in [-0.1, -0.05) is 0 Å². The first-order chi connectivity index (χ1) is 10.6. The molecular weight excluding hydrogens is 314 g/mol. The van der Waals surface area contributed by atoms with Crippen LogP contribution < -0.4 is 0 Å². The van der Waals surface area contributed by atoms with Gasteiger partial charge in [-0.05, 0) is 13.0 Å². The van der Waals surface area contributed by atoms with Crippen LogP contribution in [0, 0.1) is 37.3 Å². The van der Waals surface area contributed by atoms with Crippen molar-refractivity contribution in [2.75, 3.05) is 0 Å². The number of hydrogen-bond donors (Lipinski definition) is 1. The molecule has 12 heteroatoms. The Labute approximate surface area is 128 Å². The molecule has 0 aliphatic rings. The van der Waals surface area contributed by atoms with Crippen molar-refractivity contribution in [2.45, 2.75) is 6.92 Å². The molecule has 0 saturated heterocycles. The Morgan fingerprint density at radius 1 is 1.04 bits per heavy atom. The first kappa shape index (κ1) is 17.5. The fourth-order valence-corrected chi connectivity index (χ4v) is 1.50. The third-order valence-corrected chi connectivity index (χ3v) is 2.51. The first-order valence-corrected chi connectivity index (χ1v) is 5.90. The van der Waals surface area contributed by atoms with Crippen LogP contribution in [0.25, 0.3) is 0 Å². The molecule has 122 valence electrons. The van der Waals surface area contributed by atoms with Gasteiger partial charge in [-0.2, -0.15) is 5.10 Å². The highest BCUT2D eigenvalue weighted by Gasteiger charge is 2.30. The standard InChI is InChI=1S/C6H3N3O7.C5H8N2/c10-6-4(8(13)14)1-3(7(11)12)2-5(6)9(15)16;1-5-3-4-7(2)6-5/h1-2,10H;3-4H,1-2H3. The number of nitrogens with zero attached hydrogens (tertiary/aromatic N) is 5. The highest BCUT2D eigenvalue weighted by atomic mass is 16.6.